The molecule has 0 saturated carbocycles. The van der Waals surface area contributed by atoms with Crippen LogP contribution in [0, 0.1) is 0 Å². The molecule has 1 aliphatic rings. The summed E-state index contributed by atoms with van der Waals surface area (Å²) in [5.74, 6) is 0.866. The van der Waals surface area contributed by atoms with Gasteiger partial charge in [-0.25, -0.2) is 0 Å². The van der Waals surface area contributed by atoms with Crippen LogP contribution >= 0.6 is 0 Å². The van der Waals surface area contributed by atoms with E-state index in [9.17, 15) is 5.11 Å². The van der Waals surface area contributed by atoms with E-state index in [-0.39, 0.29) is 0 Å². The van der Waals surface area contributed by atoms with Gasteiger partial charge in [0.15, 0.2) is 0 Å². The molecule has 0 saturated heterocycles. The molecule has 1 unspecified atom stereocenters. The lowest BCUT2D eigenvalue weighted by molar-refractivity contribution is 0.205. The van der Waals surface area contributed by atoms with Gasteiger partial charge in [0.05, 0.1) is 6.61 Å². The first-order valence-electron chi connectivity index (χ1n) is 7.16. The van der Waals surface area contributed by atoms with Crippen LogP contribution in [0.25, 0.3) is 0 Å². The maximum absolute atomic E-state index is 10.8. The van der Waals surface area contributed by atoms with Crippen LogP contribution in [-0.4, -0.2) is 16.7 Å². The standard InChI is InChI=1S/C17H19NO2/c1-2-12-11-18-9-8-14(12)16(19)15-7-3-5-13-6-4-10-20-17(13)15/h3,5,7-9,11,16,19H,2,4,6,10H2,1H3. The van der Waals surface area contributed by atoms with E-state index in [2.05, 4.69) is 18.0 Å². The normalized spacial score (nSPS) is 15.3. The molecule has 20 heavy (non-hydrogen) atoms. The zero-order valence-corrected chi connectivity index (χ0v) is 11.7. The first-order valence-corrected chi connectivity index (χ1v) is 7.16. The summed E-state index contributed by atoms with van der Waals surface area (Å²) in [4.78, 5) is 4.14. The Bertz CT molecular complexity index is 610. The molecule has 3 nitrogen and oxygen atoms in total. The molecule has 0 aliphatic carbocycles. The van der Waals surface area contributed by atoms with Crippen molar-refractivity contribution in [2.75, 3.05) is 6.61 Å². The van der Waals surface area contributed by atoms with E-state index >= 15 is 0 Å². The number of fused-ring (bicyclic) bond motifs is 1. The molecule has 1 aliphatic heterocycles. The Balaban J connectivity index is 2.04. The number of para-hydroxylation sites is 1. The molecule has 2 aromatic rings. The number of aryl methyl sites for hydroxylation is 2. The van der Waals surface area contributed by atoms with Crippen molar-refractivity contribution in [2.24, 2.45) is 0 Å². The highest BCUT2D eigenvalue weighted by molar-refractivity contribution is 5.47. The van der Waals surface area contributed by atoms with Gasteiger partial charge in [0.1, 0.15) is 11.9 Å². The number of rotatable bonds is 3. The van der Waals surface area contributed by atoms with Gasteiger partial charge in [0, 0.05) is 18.0 Å². The number of aliphatic hydroxyl groups excluding tert-OH is 1. The lowest BCUT2D eigenvalue weighted by Gasteiger charge is -2.23. The highest BCUT2D eigenvalue weighted by Crippen LogP contribution is 2.36. The minimum atomic E-state index is -0.652. The Labute approximate surface area is 119 Å². The second kappa shape index (κ2) is 5.63. The molecular weight excluding hydrogens is 250 g/mol. The summed E-state index contributed by atoms with van der Waals surface area (Å²) in [6.45, 7) is 2.80. The maximum Gasteiger partial charge on any atom is 0.128 e. The predicted molar refractivity (Wildman–Crippen MR) is 77.9 cm³/mol. The highest BCUT2D eigenvalue weighted by Gasteiger charge is 2.22. The summed E-state index contributed by atoms with van der Waals surface area (Å²) >= 11 is 0. The van der Waals surface area contributed by atoms with E-state index in [4.69, 9.17) is 4.74 Å². The Morgan fingerprint density at radius 2 is 2.20 bits per heavy atom. The van der Waals surface area contributed by atoms with E-state index in [1.54, 1.807) is 6.20 Å². The number of nitrogens with zero attached hydrogens (tertiary/aromatic N) is 1. The van der Waals surface area contributed by atoms with Gasteiger partial charge in [0.2, 0.25) is 0 Å². The number of hydrogen-bond acceptors (Lipinski definition) is 3. The third kappa shape index (κ3) is 2.29. The van der Waals surface area contributed by atoms with Crippen LogP contribution in [0.5, 0.6) is 5.75 Å². The number of pyridine rings is 1. The Hall–Kier alpha value is -1.87. The molecule has 0 spiro atoms. The van der Waals surface area contributed by atoms with Crippen LogP contribution in [0.4, 0.5) is 0 Å². The van der Waals surface area contributed by atoms with E-state index in [1.165, 1.54) is 5.56 Å². The molecule has 2 heterocycles. The Morgan fingerprint density at radius 3 is 3.05 bits per heavy atom. The van der Waals surface area contributed by atoms with Crippen molar-refractivity contribution < 1.29 is 9.84 Å². The summed E-state index contributed by atoms with van der Waals surface area (Å²) < 4.78 is 5.80. The monoisotopic (exact) mass is 269 g/mol. The molecule has 3 rings (SSSR count). The smallest absolute Gasteiger partial charge is 0.128 e. The molecule has 0 bridgehead atoms. The van der Waals surface area contributed by atoms with Gasteiger partial charge in [-0.05, 0) is 42.0 Å². The molecule has 1 N–H and O–H groups in total. The first-order chi connectivity index (χ1) is 9.81. The number of hydrogen-bond donors (Lipinski definition) is 1. The number of benzene rings is 1. The quantitative estimate of drug-likeness (QED) is 0.931. The third-order valence-corrected chi connectivity index (χ3v) is 3.88. The molecule has 0 radical (unpaired) electrons. The molecule has 0 amide bonds. The fourth-order valence-electron chi connectivity index (χ4n) is 2.80. The fourth-order valence-corrected chi connectivity index (χ4v) is 2.80. The number of aliphatic hydroxyl groups is 1. The van der Waals surface area contributed by atoms with Gasteiger partial charge in [0.25, 0.3) is 0 Å². The topological polar surface area (TPSA) is 42.4 Å². The van der Waals surface area contributed by atoms with Crippen LogP contribution in [0.15, 0.2) is 36.7 Å². The largest absolute Gasteiger partial charge is 0.493 e. The van der Waals surface area contributed by atoms with Crippen molar-refractivity contribution in [1.82, 2.24) is 4.98 Å². The van der Waals surface area contributed by atoms with Crippen LogP contribution in [-0.2, 0) is 12.8 Å². The predicted octanol–water partition coefficient (Wildman–Crippen LogP) is 3.05. The van der Waals surface area contributed by atoms with E-state index in [1.807, 2.05) is 24.4 Å². The van der Waals surface area contributed by atoms with Crippen molar-refractivity contribution >= 4 is 0 Å². The minimum absolute atomic E-state index is 0.652. The molecule has 104 valence electrons. The van der Waals surface area contributed by atoms with Gasteiger partial charge in [-0.2, -0.15) is 0 Å². The Morgan fingerprint density at radius 1 is 1.30 bits per heavy atom. The zero-order chi connectivity index (χ0) is 13.9. The second-order valence-corrected chi connectivity index (χ2v) is 5.12. The summed E-state index contributed by atoms with van der Waals surface area (Å²) in [5, 5.41) is 10.8. The fraction of sp³-hybridized carbons (Fsp3) is 0.353. The van der Waals surface area contributed by atoms with E-state index in [0.29, 0.717) is 0 Å². The van der Waals surface area contributed by atoms with Gasteiger partial charge in [-0.1, -0.05) is 25.1 Å². The lowest BCUT2D eigenvalue weighted by atomic mass is 9.93. The average Bonchev–Trinajstić information content (AvgIpc) is 2.53. The van der Waals surface area contributed by atoms with Crippen molar-refractivity contribution in [3.8, 4) is 5.75 Å². The Kier molecular flexibility index (Phi) is 3.70. The number of aromatic nitrogens is 1. The zero-order valence-electron chi connectivity index (χ0n) is 11.7. The molecule has 3 heteroatoms. The average molecular weight is 269 g/mol. The molecular formula is C17H19NO2. The van der Waals surface area contributed by atoms with Crippen LogP contribution in [0.2, 0.25) is 0 Å². The number of ether oxygens (including phenoxy) is 1. The SMILES string of the molecule is CCc1cnccc1C(O)c1cccc2c1OCCC2. The maximum atomic E-state index is 10.8. The molecule has 1 aromatic carbocycles. The lowest BCUT2D eigenvalue weighted by Crippen LogP contribution is -2.13. The van der Waals surface area contributed by atoms with Gasteiger partial charge >= 0.3 is 0 Å². The van der Waals surface area contributed by atoms with Crippen molar-refractivity contribution in [1.29, 1.82) is 0 Å². The van der Waals surface area contributed by atoms with E-state index < -0.39 is 6.10 Å². The third-order valence-electron chi connectivity index (χ3n) is 3.88. The van der Waals surface area contributed by atoms with Crippen LogP contribution < -0.4 is 4.74 Å². The van der Waals surface area contributed by atoms with Crippen molar-refractivity contribution in [3.63, 3.8) is 0 Å². The molecule has 1 atom stereocenters. The summed E-state index contributed by atoms with van der Waals surface area (Å²) in [7, 11) is 0. The molecule has 0 fully saturated rings. The van der Waals surface area contributed by atoms with E-state index in [0.717, 1.165) is 48.3 Å². The summed E-state index contributed by atoms with van der Waals surface area (Å²) in [6.07, 6.45) is 5.83. The van der Waals surface area contributed by atoms with Gasteiger partial charge < -0.3 is 9.84 Å². The second-order valence-electron chi connectivity index (χ2n) is 5.12. The highest BCUT2D eigenvalue weighted by atomic mass is 16.5. The van der Waals surface area contributed by atoms with Gasteiger partial charge in [-0.3, -0.25) is 4.98 Å². The summed E-state index contributed by atoms with van der Waals surface area (Å²) in [5.41, 5.74) is 4.06. The van der Waals surface area contributed by atoms with Crippen molar-refractivity contribution in [2.45, 2.75) is 32.3 Å². The first kappa shape index (κ1) is 13.1. The minimum Gasteiger partial charge on any atom is -0.493 e. The van der Waals surface area contributed by atoms with Crippen LogP contribution in [0.3, 0.4) is 0 Å². The van der Waals surface area contributed by atoms with Gasteiger partial charge in [-0.15, -0.1) is 0 Å². The summed E-state index contributed by atoms with van der Waals surface area (Å²) in [6, 6.07) is 7.93. The van der Waals surface area contributed by atoms with Crippen molar-refractivity contribution in [3.05, 3.63) is 58.9 Å². The van der Waals surface area contributed by atoms with Crippen LogP contribution in [0.1, 0.15) is 41.7 Å². The molecule has 1 aromatic heterocycles.